The molecule has 3 rings (SSSR count). The monoisotopic (exact) mass is 289 g/mol. The molecule has 0 radical (unpaired) electrons. The van der Waals surface area contributed by atoms with Crippen LogP contribution >= 0.6 is 11.3 Å². The van der Waals surface area contributed by atoms with Crippen LogP contribution in [0.5, 0.6) is 0 Å². The molecule has 1 aliphatic rings. The van der Waals surface area contributed by atoms with Crippen molar-refractivity contribution in [1.29, 1.82) is 0 Å². The molecule has 1 aromatic carbocycles. The molecule has 0 amide bonds. The molecule has 0 atom stereocenters. The Hall–Kier alpha value is -1.29. The quantitative estimate of drug-likeness (QED) is 0.857. The van der Waals surface area contributed by atoms with Crippen molar-refractivity contribution < 1.29 is 0 Å². The first kappa shape index (κ1) is 13.7. The van der Waals surface area contributed by atoms with Crippen LogP contribution in [0.25, 0.3) is 10.2 Å². The van der Waals surface area contributed by atoms with Gasteiger partial charge in [-0.05, 0) is 49.8 Å². The van der Waals surface area contributed by atoms with Gasteiger partial charge in [-0.1, -0.05) is 24.7 Å². The molecule has 0 aliphatic heterocycles. The van der Waals surface area contributed by atoms with E-state index < -0.39 is 0 Å². The van der Waals surface area contributed by atoms with E-state index in [1.807, 2.05) is 18.2 Å². The summed E-state index contributed by atoms with van der Waals surface area (Å²) >= 11 is 1.75. The van der Waals surface area contributed by atoms with Crippen LogP contribution in [0.3, 0.4) is 0 Å². The molecule has 0 unspecified atom stereocenters. The van der Waals surface area contributed by atoms with Crippen molar-refractivity contribution in [3.05, 3.63) is 18.2 Å². The Labute approximate surface area is 124 Å². The second kappa shape index (κ2) is 5.60. The van der Waals surface area contributed by atoms with Gasteiger partial charge in [-0.2, -0.15) is 0 Å². The number of fused-ring (bicyclic) bond motifs is 1. The van der Waals surface area contributed by atoms with Crippen molar-refractivity contribution in [1.82, 2.24) is 4.98 Å². The van der Waals surface area contributed by atoms with Crippen molar-refractivity contribution in [3.8, 4) is 0 Å². The zero-order chi connectivity index (χ0) is 14.1. The van der Waals surface area contributed by atoms with Crippen LogP contribution in [0, 0.1) is 5.92 Å². The lowest BCUT2D eigenvalue weighted by Crippen LogP contribution is -2.35. The van der Waals surface area contributed by atoms with Crippen LogP contribution in [-0.4, -0.2) is 18.1 Å². The van der Waals surface area contributed by atoms with Crippen LogP contribution in [0.15, 0.2) is 18.2 Å². The number of hydrogen-bond acceptors (Lipinski definition) is 4. The maximum atomic E-state index is 5.85. The van der Waals surface area contributed by atoms with E-state index in [1.54, 1.807) is 11.3 Å². The molecule has 1 aliphatic carbocycles. The van der Waals surface area contributed by atoms with Gasteiger partial charge in [0.1, 0.15) is 0 Å². The number of thiazole rings is 1. The first-order chi connectivity index (χ1) is 9.67. The number of nitrogen functional groups attached to an aromatic ring is 1. The second-order valence-electron chi connectivity index (χ2n) is 5.92. The number of anilines is 2. The fourth-order valence-electron chi connectivity index (χ4n) is 3.18. The SMILES string of the molecule is CCC1CCC(N(C)c2nc3ccc(N)cc3s2)CC1. The molecule has 108 valence electrons. The molecule has 2 N–H and O–H groups in total. The topological polar surface area (TPSA) is 42.2 Å². The van der Waals surface area contributed by atoms with Gasteiger partial charge in [-0.15, -0.1) is 0 Å². The number of nitrogens with two attached hydrogens (primary N) is 1. The van der Waals surface area contributed by atoms with Gasteiger partial charge in [-0.3, -0.25) is 0 Å². The third-order valence-electron chi connectivity index (χ3n) is 4.64. The molecule has 1 aromatic heterocycles. The highest BCUT2D eigenvalue weighted by Crippen LogP contribution is 2.35. The third-order valence-corrected chi connectivity index (χ3v) is 5.75. The molecular weight excluding hydrogens is 266 g/mol. The first-order valence-electron chi connectivity index (χ1n) is 7.56. The minimum atomic E-state index is 0.649. The lowest BCUT2D eigenvalue weighted by molar-refractivity contribution is 0.313. The normalized spacial score (nSPS) is 23.1. The summed E-state index contributed by atoms with van der Waals surface area (Å²) in [5.74, 6) is 0.940. The molecule has 0 bridgehead atoms. The highest BCUT2D eigenvalue weighted by atomic mass is 32.1. The lowest BCUT2D eigenvalue weighted by Gasteiger charge is -2.34. The minimum absolute atomic E-state index is 0.649. The molecule has 3 nitrogen and oxygen atoms in total. The van der Waals surface area contributed by atoms with Crippen molar-refractivity contribution in [2.24, 2.45) is 5.92 Å². The van der Waals surface area contributed by atoms with Crippen molar-refractivity contribution in [3.63, 3.8) is 0 Å². The van der Waals surface area contributed by atoms with Gasteiger partial charge in [0, 0.05) is 18.8 Å². The summed E-state index contributed by atoms with van der Waals surface area (Å²) in [7, 11) is 2.19. The van der Waals surface area contributed by atoms with Gasteiger partial charge < -0.3 is 10.6 Å². The standard InChI is InChI=1S/C16H23N3S/c1-3-11-4-7-13(8-5-11)19(2)16-18-14-9-6-12(17)10-15(14)20-16/h6,9-11,13H,3-5,7-8,17H2,1-2H3. The Morgan fingerprint density at radius 2 is 2.05 bits per heavy atom. The van der Waals surface area contributed by atoms with Gasteiger partial charge in [0.05, 0.1) is 10.2 Å². The summed E-state index contributed by atoms with van der Waals surface area (Å²) in [6.45, 7) is 2.31. The predicted octanol–water partition coefficient (Wildman–Crippen LogP) is 4.28. The third kappa shape index (κ3) is 2.62. The molecule has 1 heterocycles. The Balaban J connectivity index is 1.77. The largest absolute Gasteiger partial charge is 0.399 e. The average molecular weight is 289 g/mol. The summed E-state index contributed by atoms with van der Waals surface area (Å²) in [6, 6.07) is 6.62. The number of rotatable bonds is 3. The van der Waals surface area contributed by atoms with Crippen molar-refractivity contribution in [2.75, 3.05) is 17.7 Å². The Bertz CT molecular complexity index is 584. The number of aromatic nitrogens is 1. The summed E-state index contributed by atoms with van der Waals surface area (Å²) < 4.78 is 1.19. The second-order valence-corrected chi connectivity index (χ2v) is 6.93. The van der Waals surface area contributed by atoms with Crippen molar-refractivity contribution >= 4 is 32.4 Å². The minimum Gasteiger partial charge on any atom is -0.399 e. The Morgan fingerprint density at radius 3 is 2.75 bits per heavy atom. The molecule has 4 heteroatoms. The van der Waals surface area contributed by atoms with E-state index in [2.05, 4.69) is 18.9 Å². The molecule has 0 spiro atoms. The summed E-state index contributed by atoms with van der Waals surface area (Å²) in [5.41, 5.74) is 7.73. The highest BCUT2D eigenvalue weighted by molar-refractivity contribution is 7.22. The van der Waals surface area contributed by atoms with E-state index in [0.717, 1.165) is 22.3 Å². The van der Waals surface area contributed by atoms with Gasteiger partial charge in [0.25, 0.3) is 0 Å². The Morgan fingerprint density at radius 1 is 1.30 bits per heavy atom. The zero-order valence-corrected chi connectivity index (χ0v) is 13.1. The number of benzene rings is 1. The van der Waals surface area contributed by atoms with E-state index in [9.17, 15) is 0 Å². The molecule has 20 heavy (non-hydrogen) atoms. The Kier molecular flexibility index (Phi) is 3.83. The van der Waals surface area contributed by atoms with E-state index in [-0.39, 0.29) is 0 Å². The van der Waals surface area contributed by atoms with Crippen LogP contribution in [0.2, 0.25) is 0 Å². The summed E-state index contributed by atoms with van der Waals surface area (Å²) in [4.78, 5) is 7.14. The maximum Gasteiger partial charge on any atom is 0.186 e. The fourth-order valence-corrected chi connectivity index (χ4v) is 4.22. The molecular formula is C16H23N3S. The summed E-state index contributed by atoms with van der Waals surface area (Å²) in [6.07, 6.45) is 6.66. The molecule has 1 saturated carbocycles. The van der Waals surface area contributed by atoms with Gasteiger partial charge in [-0.25, -0.2) is 4.98 Å². The van der Waals surface area contributed by atoms with E-state index in [0.29, 0.717) is 6.04 Å². The lowest BCUT2D eigenvalue weighted by atomic mass is 9.84. The number of nitrogens with zero attached hydrogens (tertiary/aromatic N) is 2. The van der Waals surface area contributed by atoms with Gasteiger partial charge >= 0.3 is 0 Å². The predicted molar refractivity (Wildman–Crippen MR) is 88.5 cm³/mol. The van der Waals surface area contributed by atoms with Crippen LogP contribution in [-0.2, 0) is 0 Å². The smallest absolute Gasteiger partial charge is 0.186 e. The van der Waals surface area contributed by atoms with Crippen LogP contribution < -0.4 is 10.6 Å². The number of hydrogen-bond donors (Lipinski definition) is 1. The van der Waals surface area contributed by atoms with Gasteiger partial charge in [0.2, 0.25) is 0 Å². The van der Waals surface area contributed by atoms with E-state index in [4.69, 9.17) is 10.7 Å². The zero-order valence-electron chi connectivity index (χ0n) is 12.3. The average Bonchev–Trinajstić information content (AvgIpc) is 2.89. The molecule has 0 saturated heterocycles. The highest BCUT2D eigenvalue weighted by Gasteiger charge is 2.24. The fraction of sp³-hybridized carbons (Fsp3) is 0.562. The summed E-state index contributed by atoms with van der Waals surface area (Å²) in [5, 5.41) is 1.13. The first-order valence-corrected chi connectivity index (χ1v) is 8.38. The molecule has 1 fully saturated rings. The van der Waals surface area contributed by atoms with Crippen molar-refractivity contribution in [2.45, 2.75) is 45.1 Å². The molecule has 2 aromatic rings. The van der Waals surface area contributed by atoms with E-state index in [1.165, 1.54) is 36.8 Å². The maximum absolute atomic E-state index is 5.85. The van der Waals surface area contributed by atoms with Gasteiger partial charge in [0.15, 0.2) is 5.13 Å². The van der Waals surface area contributed by atoms with Crippen LogP contribution in [0.1, 0.15) is 39.0 Å². The van der Waals surface area contributed by atoms with Crippen LogP contribution in [0.4, 0.5) is 10.8 Å². The van der Waals surface area contributed by atoms with E-state index >= 15 is 0 Å².